The highest BCUT2D eigenvalue weighted by atomic mass is 35.5. The summed E-state index contributed by atoms with van der Waals surface area (Å²) in [5.74, 6) is -1.00. The van der Waals surface area contributed by atoms with Crippen LogP contribution >= 0.6 is 23.4 Å². The van der Waals surface area contributed by atoms with Crippen molar-refractivity contribution in [3.63, 3.8) is 0 Å². The first-order valence-corrected chi connectivity index (χ1v) is 11.1. The molecule has 3 aromatic rings. The molecular formula is C24H20ClN3O3S. The zero-order chi connectivity index (χ0) is 22.7. The molecule has 4 rings (SSSR count). The molecule has 1 heterocycles. The SMILES string of the molecule is CC1(c2ccccc2Cl)NC(=O)N(CC(=O)Nc2ccccc2Sc2ccccc2)C1=O. The molecule has 32 heavy (non-hydrogen) atoms. The summed E-state index contributed by atoms with van der Waals surface area (Å²) < 4.78 is 0. The molecular weight excluding hydrogens is 446 g/mol. The molecule has 162 valence electrons. The Morgan fingerprint density at radius 2 is 1.66 bits per heavy atom. The number of benzene rings is 3. The summed E-state index contributed by atoms with van der Waals surface area (Å²) in [6, 6.07) is 23.3. The number of carbonyl (C=O) groups is 3. The Bertz CT molecular complexity index is 1190. The van der Waals surface area contributed by atoms with Gasteiger partial charge in [0.25, 0.3) is 5.91 Å². The summed E-state index contributed by atoms with van der Waals surface area (Å²) in [5.41, 5.74) is -0.253. The standard InChI is InChI=1S/C24H20ClN3O3S/c1-24(17-11-5-6-12-18(17)25)22(30)28(23(31)27-24)15-21(29)26-19-13-7-8-14-20(19)32-16-9-3-2-4-10-16/h2-14H,15H2,1H3,(H,26,29)(H,27,31). The second-order valence-electron chi connectivity index (χ2n) is 7.39. The molecule has 6 nitrogen and oxygen atoms in total. The van der Waals surface area contributed by atoms with E-state index in [2.05, 4.69) is 10.6 Å². The number of hydrogen-bond acceptors (Lipinski definition) is 4. The van der Waals surface area contributed by atoms with Gasteiger partial charge in [-0.25, -0.2) is 4.79 Å². The Kier molecular flexibility index (Phi) is 6.21. The summed E-state index contributed by atoms with van der Waals surface area (Å²) in [4.78, 5) is 41.2. The molecule has 1 fully saturated rings. The van der Waals surface area contributed by atoms with Gasteiger partial charge in [-0.3, -0.25) is 14.5 Å². The predicted molar refractivity (Wildman–Crippen MR) is 125 cm³/mol. The number of amides is 4. The summed E-state index contributed by atoms with van der Waals surface area (Å²) in [6.07, 6.45) is 0. The van der Waals surface area contributed by atoms with E-state index in [0.29, 0.717) is 16.3 Å². The third-order valence-electron chi connectivity index (χ3n) is 5.12. The largest absolute Gasteiger partial charge is 0.325 e. The predicted octanol–water partition coefficient (Wildman–Crippen LogP) is 4.90. The van der Waals surface area contributed by atoms with Crippen LogP contribution in [-0.4, -0.2) is 29.3 Å². The van der Waals surface area contributed by atoms with E-state index in [1.54, 1.807) is 37.3 Å². The molecule has 1 aliphatic heterocycles. The third-order valence-corrected chi connectivity index (χ3v) is 6.53. The Morgan fingerprint density at radius 1 is 1.00 bits per heavy atom. The van der Waals surface area contributed by atoms with Crippen molar-refractivity contribution in [3.05, 3.63) is 89.4 Å². The molecule has 8 heteroatoms. The highest BCUT2D eigenvalue weighted by Gasteiger charge is 2.50. The van der Waals surface area contributed by atoms with E-state index in [9.17, 15) is 14.4 Å². The van der Waals surface area contributed by atoms with E-state index < -0.39 is 29.9 Å². The van der Waals surface area contributed by atoms with Crippen LogP contribution in [-0.2, 0) is 15.1 Å². The summed E-state index contributed by atoms with van der Waals surface area (Å²) in [6.45, 7) is 1.17. The Morgan fingerprint density at radius 3 is 2.41 bits per heavy atom. The second-order valence-corrected chi connectivity index (χ2v) is 8.91. The maximum Gasteiger partial charge on any atom is 0.325 e. The Hall–Kier alpha value is -3.29. The monoisotopic (exact) mass is 465 g/mol. The van der Waals surface area contributed by atoms with E-state index in [1.807, 2.05) is 48.5 Å². The summed E-state index contributed by atoms with van der Waals surface area (Å²) in [5, 5.41) is 5.85. The maximum atomic E-state index is 13.1. The van der Waals surface area contributed by atoms with Crippen molar-refractivity contribution in [3.8, 4) is 0 Å². The molecule has 0 aliphatic carbocycles. The molecule has 3 aromatic carbocycles. The van der Waals surface area contributed by atoms with Gasteiger partial charge in [-0.15, -0.1) is 0 Å². The fourth-order valence-corrected chi connectivity index (χ4v) is 4.75. The van der Waals surface area contributed by atoms with E-state index in [1.165, 1.54) is 11.8 Å². The zero-order valence-electron chi connectivity index (χ0n) is 17.2. The first-order chi connectivity index (χ1) is 15.4. The topological polar surface area (TPSA) is 78.5 Å². The minimum atomic E-state index is -1.34. The van der Waals surface area contributed by atoms with Gasteiger partial charge in [0.15, 0.2) is 0 Å². The molecule has 0 saturated carbocycles. The van der Waals surface area contributed by atoms with Crippen molar-refractivity contribution in [2.45, 2.75) is 22.3 Å². The van der Waals surface area contributed by atoms with Gasteiger partial charge in [0.05, 0.1) is 5.69 Å². The number of rotatable bonds is 6. The second kappa shape index (κ2) is 9.06. The lowest BCUT2D eigenvalue weighted by Gasteiger charge is -2.23. The first kappa shape index (κ1) is 21.9. The number of halogens is 1. The van der Waals surface area contributed by atoms with E-state index in [0.717, 1.165) is 14.7 Å². The smallest absolute Gasteiger partial charge is 0.323 e. The summed E-state index contributed by atoms with van der Waals surface area (Å²) in [7, 11) is 0. The van der Waals surface area contributed by atoms with Crippen LogP contribution in [0, 0.1) is 0 Å². The molecule has 0 bridgehead atoms. The van der Waals surface area contributed by atoms with Crippen molar-refractivity contribution in [2.24, 2.45) is 0 Å². The average molecular weight is 466 g/mol. The average Bonchev–Trinajstić information content (AvgIpc) is 3.00. The normalized spacial score (nSPS) is 17.9. The van der Waals surface area contributed by atoms with Gasteiger partial charge in [0.1, 0.15) is 12.1 Å². The van der Waals surface area contributed by atoms with Crippen LogP contribution in [0.2, 0.25) is 5.02 Å². The van der Waals surface area contributed by atoms with Crippen LogP contribution in [0.1, 0.15) is 12.5 Å². The zero-order valence-corrected chi connectivity index (χ0v) is 18.7. The molecule has 0 radical (unpaired) electrons. The molecule has 2 N–H and O–H groups in total. The van der Waals surface area contributed by atoms with Crippen LogP contribution in [0.3, 0.4) is 0 Å². The van der Waals surface area contributed by atoms with Crippen molar-refractivity contribution >= 4 is 46.9 Å². The fraction of sp³-hybridized carbons (Fsp3) is 0.125. The molecule has 0 aromatic heterocycles. The van der Waals surface area contributed by atoms with Crippen LogP contribution < -0.4 is 10.6 Å². The van der Waals surface area contributed by atoms with Crippen molar-refractivity contribution < 1.29 is 14.4 Å². The Balaban J connectivity index is 1.49. The van der Waals surface area contributed by atoms with E-state index in [-0.39, 0.29) is 0 Å². The number of para-hydroxylation sites is 1. The minimum Gasteiger partial charge on any atom is -0.323 e. The Labute approximate surface area is 194 Å². The van der Waals surface area contributed by atoms with E-state index >= 15 is 0 Å². The number of urea groups is 1. The van der Waals surface area contributed by atoms with Gasteiger partial charge in [-0.05, 0) is 37.3 Å². The molecule has 1 saturated heterocycles. The fourth-order valence-electron chi connectivity index (χ4n) is 3.50. The lowest BCUT2D eigenvalue weighted by molar-refractivity contribution is -0.133. The number of carbonyl (C=O) groups excluding carboxylic acids is 3. The van der Waals surface area contributed by atoms with Crippen LogP contribution in [0.5, 0.6) is 0 Å². The molecule has 1 aliphatic rings. The van der Waals surface area contributed by atoms with Crippen molar-refractivity contribution in [2.75, 3.05) is 11.9 Å². The van der Waals surface area contributed by atoms with Gasteiger partial charge >= 0.3 is 6.03 Å². The van der Waals surface area contributed by atoms with Gasteiger partial charge in [0.2, 0.25) is 5.91 Å². The summed E-state index contributed by atoms with van der Waals surface area (Å²) >= 11 is 7.76. The van der Waals surface area contributed by atoms with Gasteiger partial charge in [-0.2, -0.15) is 0 Å². The quantitative estimate of drug-likeness (QED) is 0.508. The number of nitrogens with zero attached hydrogens (tertiary/aromatic N) is 1. The minimum absolute atomic E-state index is 0.363. The van der Waals surface area contributed by atoms with Crippen molar-refractivity contribution in [1.29, 1.82) is 0 Å². The van der Waals surface area contributed by atoms with Crippen LogP contribution in [0.4, 0.5) is 10.5 Å². The van der Waals surface area contributed by atoms with Gasteiger partial charge in [0, 0.05) is 20.4 Å². The maximum absolute atomic E-state index is 13.1. The van der Waals surface area contributed by atoms with Crippen molar-refractivity contribution in [1.82, 2.24) is 10.2 Å². The van der Waals surface area contributed by atoms with Gasteiger partial charge < -0.3 is 10.6 Å². The van der Waals surface area contributed by atoms with Crippen LogP contribution in [0.25, 0.3) is 0 Å². The first-order valence-electron chi connectivity index (χ1n) is 9.89. The lowest BCUT2D eigenvalue weighted by atomic mass is 9.92. The number of imide groups is 1. The molecule has 1 atom stereocenters. The molecule has 4 amide bonds. The molecule has 0 spiro atoms. The number of anilines is 1. The highest BCUT2D eigenvalue weighted by molar-refractivity contribution is 7.99. The highest BCUT2D eigenvalue weighted by Crippen LogP contribution is 2.35. The van der Waals surface area contributed by atoms with Gasteiger partial charge in [-0.1, -0.05) is 71.9 Å². The van der Waals surface area contributed by atoms with Crippen LogP contribution in [0.15, 0.2) is 88.7 Å². The number of nitrogens with one attached hydrogen (secondary N) is 2. The molecule has 1 unspecified atom stereocenters. The third kappa shape index (κ3) is 4.35. The van der Waals surface area contributed by atoms with E-state index in [4.69, 9.17) is 11.6 Å². The number of hydrogen-bond donors (Lipinski definition) is 2. The lowest BCUT2D eigenvalue weighted by Crippen LogP contribution is -2.42.